The van der Waals surface area contributed by atoms with Crippen LogP contribution in [0.4, 0.5) is 0 Å². The summed E-state index contributed by atoms with van der Waals surface area (Å²) in [6, 6.07) is 10.9. The highest BCUT2D eigenvalue weighted by Gasteiger charge is 2.35. The second-order valence-electron chi connectivity index (χ2n) is 7.10. The molecule has 0 spiro atoms. The van der Waals surface area contributed by atoms with Gasteiger partial charge in [-0.1, -0.05) is 42.5 Å². The van der Waals surface area contributed by atoms with Crippen molar-refractivity contribution in [3.8, 4) is 5.75 Å². The van der Waals surface area contributed by atoms with Gasteiger partial charge >= 0.3 is 0 Å². The lowest BCUT2D eigenvalue weighted by atomic mass is 9.93. The van der Waals surface area contributed by atoms with Crippen molar-refractivity contribution in [1.82, 2.24) is 10.3 Å². The van der Waals surface area contributed by atoms with Gasteiger partial charge in [0, 0.05) is 18.8 Å². The van der Waals surface area contributed by atoms with Gasteiger partial charge < -0.3 is 15.0 Å². The van der Waals surface area contributed by atoms with Crippen molar-refractivity contribution in [2.75, 3.05) is 6.54 Å². The van der Waals surface area contributed by atoms with Crippen LogP contribution >= 0.6 is 0 Å². The van der Waals surface area contributed by atoms with Crippen molar-refractivity contribution in [3.63, 3.8) is 0 Å². The van der Waals surface area contributed by atoms with Crippen molar-refractivity contribution in [2.24, 2.45) is 17.8 Å². The van der Waals surface area contributed by atoms with E-state index < -0.39 is 0 Å². The van der Waals surface area contributed by atoms with Crippen LogP contribution in [-0.2, 0) is 6.61 Å². The first-order chi connectivity index (χ1) is 12.7. The molecule has 26 heavy (non-hydrogen) atoms. The molecule has 1 amide bonds. The molecule has 2 bridgehead atoms. The van der Waals surface area contributed by atoms with Gasteiger partial charge in [0.05, 0.1) is 0 Å². The minimum absolute atomic E-state index is 0.212. The summed E-state index contributed by atoms with van der Waals surface area (Å²) < 4.78 is 5.55. The number of allylic oxidation sites excluding steroid dienone is 2. The van der Waals surface area contributed by atoms with Gasteiger partial charge in [0.15, 0.2) is 5.75 Å². The largest absolute Gasteiger partial charge is 0.483 e. The Kier molecular flexibility index (Phi) is 4.61. The number of fused-ring (bicyclic) bond motifs is 2. The molecule has 1 aromatic heterocycles. The molecule has 1 heterocycles. The quantitative estimate of drug-likeness (QED) is 0.787. The molecule has 5 heteroatoms. The molecule has 2 aliphatic carbocycles. The zero-order valence-electron chi connectivity index (χ0n) is 14.5. The fourth-order valence-electron chi connectivity index (χ4n) is 3.89. The molecule has 0 radical (unpaired) electrons. The molecular formula is C21H22N2O3. The van der Waals surface area contributed by atoms with Crippen molar-refractivity contribution in [1.29, 1.82) is 0 Å². The zero-order chi connectivity index (χ0) is 17.9. The summed E-state index contributed by atoms with van der Waals surface area (Å²) in [6.07, 6.45) is 8.37. The highest BCUT2D eigenvalue weighted by atomic mass is 16.5. The van der Waals surface area contributed by atoms with E-state index in [0.717, 1.165) is 12.0 Å². The van der Waals surface area contributed by atoms with Crippen LogP contribution in [0.3, 0.4) is 0 Å². The van der Waals surface area contributed by atoms with Gasteiger partial charge in [0.2, 0.25) is 5.43 Å². The number of ether oxygens (including phenoxy) is 1. The molecule has 0 aliphatic heterocycles. The zero-order valence-corrected chi connectivity index (χ0v) is 14.5. The number of hydrogen-bond donors (Lipinski definition) is 2. The maximum Gasteiger partial charge on any atom is 0.267 e. The minimum Gasteiger partial charge on any atom is -0.483 e. The van der Waals surface area contributed by atoms with Crippen molar-refractivity contribution < 1.29 is 9.53 Å². The Hall–Kier alpha value is -2.82. The van der Waals surface area contributed by atoms with Gasteiger partial charge in [0.1, 0.15) is 12.3 Å². The summed E-state index contributed by atoms with van der Waals surface area (Å²) in [5.41, 5.74) is 0.946. The molecule has 1 aromatic carbocycles. The maximum absolute atomic E-state index is 12.3. The van der Waals surface area contributed by atoms with E-state index in [9.17, 15) is 9.59 Å². The number of aromatic amines is 1. The van der Waals surface area contributed by atoms with Crippen LogP contribution in [0, 0.1) is 17.8 Å². The van der Waals surface area contributed by atoms with E-state index >= 15 is 0 Å². The number of rotatable bonds is 6. The summed E-state index contributed by atoms with van der Waals surface area (Å²) in [6.45, 7) is 0.964. The number of aromatic nitrogens is 1. The fourth-order valence-corrected chi connectivity index (χ4v) is 3.89. The average molecular weight is 350 g/mol. The average Bonchev–Trinajstić information content (AvgIpc) is 3.29. The summed E-state index contributed by atoms with van der Waals surface area (Å²) in [5.74, 6) is 1.75. The smallest absolute Gasteiger partial charge is 0.267 e. The molecule has 134 valence electrons. The first-order valence-electron chi connectivity index (χ1n) is 9.05. The van der Waals surface area contributed by atoms with E-state index in [2.05, 4.69) is 22.5 Å². The molecule has 4 rings (SSSR count). The van der Waals surface area contributed by atoms with E-state index in [1.54, 1.807) is 0 Å². The van der Waals surface area contributed by atoms with Gasteiger partial charge in [-0.2, -0.15) is 0 Å². The first kappa shape index (κ1) is 16.6. The number of pyridine rings is 1. The number of H-pyrrole nitrogens is 1. The number of benzene rings is 1. The Morgan fingerprint density at radius 1 is 1.19 bits per heavy atom. The summed E-state index contributed by atoms with van der Waals surface area (Å²) >= 11 is 0. The van der Waals surface area contributed by atoms with E-state index in [-0.39, 0.29) is 22.8 Å². The SMILES string of the molecule is O=C(NC[C@H]1C[C@@H]2C=C[C@@H]1C2)c1cc(=O)c(OCc2ccccc2)c[nH]1. The summed E-state index contributed by atoms with van der Waals surface area (Å²) in [7, 11) is 0. The molecule has 0 saturated heterocycles. The van der Waals surface area contributed by atoms with E-state index in [0.29, 0.717) is 30.9 Å². The lowest BCUT2D eigenvalue weighted by molar-refractivity contribution is 0.0940. The van der Waals surface area contributed by atoms with E-state index in [1.165, 1.54) is 18.7 Å². The summed E-state index contributed by atoms with van der Waals surface area (Å²) in [5, 5.41) is 2.95. The normalized spacial score (nSPS) is 23.2. The van der Waals surface area contributed by atoms with Crippen LogP contribution in [0.5, 0.6) is 5.75 Å². The molecule has 2 aliphatic rings. The van der Waals surface area contributed by atoms with Gasteiger partial charge in [-0.15, -0.1) is 0 Å². The van der Waals surface area contributed by atoms with Crippen molar-refractivity contribution >= 4 is 5.91 Å². The second kappa shape index (κ2) is 7.20. The molecular weight excluding hydrogens is 328 g/mol. The van der Waals surface area contributed by atoms with Gasteiger partial charge in [0.25, 0.3) is 5.91 Å². The third-order valence-electron chi connectivity index (χ3n) is 5.30. The Bertz CT molecular complexity index is 872. The molecule has 0 unspecified atom stereocenters. The highest BCUT2D eigenvalue weighted by molar-refractivity contribution is 5.92. The predicted molar refractivity (Wildman–Crippen MR) is 99.0 cm³/mol. The van der Waals surface area contributed by atoms with Gasteiger partial charge in [-0.25, -0.2) is 0 Å². The summed E-state index contributed by atoms with van der Waals surface area (Å²) in [4.78, 5) is 27.4. The molecule has 1 saturated carbocycles. The van der Waals surface area contributed by atoms with Gasteiger partial charge in [-0.05, 0) is 36.2 Å². The topological polar surface area (TPSA) is 71.2 Å². The van der Waals surface area contributed by atoms with Crippen LogP contribution in [0.15, 0.2) is 59.5 Å². The third-order valence-corrected chi connectivity index (χ3v) is 5.30. The van der Waals surface area contributed by atoms with Crippen LogP contribution in [-0.4, -0.2) is 17.4 Å². The van der Waals surface area contributed by atoms with Crippen LogP contribution in [0.2, 0.25) is 0 Å². The molecule has 1 fully saturated rings. The number of amides is 1. The molecule has 2 N–H and O–H groups in total. The molecule has 5 nitrogen and oxygen atoms in total. The van der Waals surface area contributed by atoms with E-state index in [4.69, 9.17) is 4.74 Å². The predicted octanol–water partition coefficient (Wildman–Crippen LogP) is 2.90. The lowest BCUT2D eigenvalue weighted by Gasteiger charge is -2.18. The minimum atomic E-state index is -0.298. The highest BCUT2D eigenvalue weighted by Crippen LogP contribution is 2.42. The number of carbonyl (C=O) groups excluding carboxylic acids is 1. The fraction of sp³-hybridized carbons (Fsp3) is 0.333. The maximum atomic E-state index is 12.3. The second-order valence-corrected chi connectivity index (χ2v) is 7.10. The number of nitrogens with one attached hydrogen (secondary N) is 2. The van der Waals surface area contributed by atoms with Crippen LogP contribution < -0.4 is 15.5 Å². The van der Waals surface area contributed by atoms with Crippen molar-refractivity contribution in [3.05, 3.63) is 76.2 Å². The lowest BCUT2D eigenvalue weighted by Crippen LogP contribution is -2.32. The van der Waals surface area contributed by atoms with Crippen LogP contribution in [0.1, 0.15) is 28.9 Å². The number of hydrogen-bond acceptors (Lipinski definition) is 3. The van der Waals surface area contributed by atoms with Gasteiger partial charge in [-0.3, -0.25) is 9.59 Å². The molecule has 2 aromatic rings. The standard InChI is InChI=1S/C21H22N2O3/c24-19-10-18(21(25)23-11-17-9-15-6-7-16(17)8-15)22-12-20(19)26-13-14-4-2-1-3-5-14/h1-7,10,12,15-17H,8-9,11,13H2,(H,22,24)(H,23,25)/t15-,16-,17-/m1/s1. The Morgan fingerprint density at radius 3 is 2.73 bits per heavy atom. The Morgan fingerprint density at radius 2 is 2.04 bits per heavy atom. The monoisotopic (exact) mass is 350 g/mol. The Balaban J connectivity index is 1.34. The molecule has 3 atom stereocenters. The number of carbonyl (C=O) groups is 1. The third kappa shape index (κ3) is 3.57. The van der Waals surface area contributed by atoms with E-state index in [1.807, 2.05) is 30.3 Å². The van der Waals surface area contributed by atoms with Crippen molar-refractivity contribution in [2.45, 2.75) is 19.4 Å². The Labute approximate surface area is 152 Å². The first-order valence-corrected chi connectivity index (χ1v) is 9.05. The van der Waals surface area contributed by atoms with Crippen LogP contribution in [0.25, 0.3) is 0 Å².